The minimum Gasteiger partial charge on any atom is -0.271 e. The molecule has 0 bridgehead atoms. The maximum atomic E-state index is 5.60. The first-order valence-electron chi connectivity index (χ1n) is 5.17. The molecule has 0 aliphatic carbocycles. The van der Waals surface area contributed by atoms with Gasteiger partial charge in [0.15, 0.2) is 0 Å². The second-order valence-corrected chi connectivity index (χ2v) is 5.50. The zero-order chi connectivity index (χ0) is 12.3. The molecule has 17 heavy (non-hydrogen) atoms. The molecule has 0 fully saturated rings. The van der Waals surface area contributed by atoms with Gasteiger partial charge in [0.2, 0.25) is 0 Å². The van der Waals surface area contributed by atoms with E-state index in [1.165, 1.54) is 0 Å². The van der Waals surface area contributed by atoms with Crippen molar-refractivity contribution in [2.75, 3.05) is 0 Å². The number of nitrogens with one attached hydrogen (secondary N) is 1. The Hall–Kier alpha value is -0.820. The van der Waals surface area contributed by atoms with Crippen molar-refractivity contribution < 1.29 is 0 Å². The highest BCUT2D eigenvalue weighted by molar-refractivity contribution is 9.10. The lowest BCUT2D eigenvalue weighted by atomic mass is 10.1. The molecule has 0 spiro atoms. The van der Waals surface area contributed by atoms with Crippen molar-refractivity contribution in [3.05, 3.63) is 44.6 Å². The van der Waals surface area contributed by atoms with Crippen molar-refractivity contribution in [2.45, 2.75) is 19.4 Å². The molecule has 0 saturated heterocycles. The van der Waals surface area contributed by atoms with Crippen molar-refractivity contribution in [3.63, 3.8) is 0 Å². The highest BCUT2D eigenvalue weighted by Gasteiger charge is 2.15. The molecule has 4 nitrogen and oxygen atoms in total. The van der Waals surface area contributed by atoms with E-state index in [0.29, 0.717) is 0 Å². The quantitative estimate of drug-likeness (QED) is 0.672. The van der Waals surface area contributed by atoms with Gasteiger partial charge in [0.05, 0.1) is 17.2 Å². The minimum atomic E-state index is 0.0659. The molecule has 0 aliphatic heterocycles. The number of halogens is 1. The van der Waals surface area contributed by atoms with Crippen LogP contribution in [-0.4, -0.2) is 9.97 Å². The van der Waals surface area contributed by atoms with Crippen molar-refractivity contribution in [3.8, 4) is 0 Å². The van der Waals surface area contributed by atoms with Gasteiger partial charge in [0.1, 0.15) is 0 Å². The van der Waals surface area contributed by atoms with Crippen LogP contribution < -0.4 is 11.3 Å². The fraction of sp³-hybridized carbons (Fsp3) is 0.273. The van der Waals surface area contributed by atoms with Crippen LogP contribution >= 0.6 is 27.3 Å². The van der Waals surface area contributed by atoms with E-state index in [-0.39, 0.29) is 6.04 Å². The van der Waals surface area contributed by atoms with Crippen LogP contribution in [0.5, 0.6) is 0 Å². The monoisotopic (exact) mass is 312 g/mol. The van der Waals surface area contributed by atoms with E-state index in [4.69, 9.17) is 5.84 Å². The van der Waals surface area contributed by atoms with Gasteiger partial charge < -0.3 is 0 Å². The first-order chi connectivity index (χ1) is 8.20. The molecule has 2 aromatic rings. The lowest BCUT2D eigenvalue weighted by Crippen LogP contribution is -2.29. The molecule has 3 N–H and O–H groups in total. The van der Waals surface area contributed by atoms with Crippen LogP contribution in [-0.2, 0) is 6.42 Å². The number of thiazole rings is 1. The summed E-state index contributed by atoms with van der Waals surface area (Å²) < 4.78 is 0.979. The third kappa shape index (κ3) is 3.10. The van der Waals surface area contributed by atoms with Gasteiger partial charge in [0, 0.05) is 27.7 Å². The van der Waals surface area contributed by atoms with Gasteiger partial charge in [-0.2, -0.15) is 0 Å². The Morgan fingerprint density at radius 3 is 2.82 bits per heavy atom. The molecular weight excluding hydrogens is 300 g/mol. The minimum absolute atomic E-state index is 0.0659. The van der Waals surface area contributed by atoms with Gasteiger partial charge in [-0.1, -0.05) is 0 Å². The second kappa shape index (κ2) is 5.68. The van der Waals surface area contributed by atoms with Crippen molar-refractivity contribution >= 4 is 27.3 Å². The van der Waals surface area contributed by atoms with Crippen molar-refractivity contribution in [2.24, 2.45) is 5.84 Å². The van der Waals surface area contributed by atoms with Gasteiger partial charge in [0.25, 0.3) is 0 Å². The molecule has 6 heteroatoms. The third-order valence-electron chi connectivity index (χ3n) is 2.50. The first kappa shape index (κ1) is 12.6. The Bertz CT molecular complexity index is 482. The van der Waals surface area contributed by atoms with E-state index in [0.717, 1.165) is 27.2 Å². The summed E-state index contributed by atoms with van der Waals surface area (Å²) in [5, 5.41) is 0. The summed E-state index contributed by atoms with van der Waals surface area (Å²) in [6, 6.07) is 4.04. The molecule has 1 atom stereocenters. The van der Waals surface area contributed by atoms with Crippen molar-refractivity contribution in [1.82, 2.24) is 15.4 Å². The maximum Gasteiger partial charge on any atom is 0.0798 e. The number of hydrogen-bond donors (Lipinski definition) is 2. The highest BCUT2D eigenvalue weighted by atomic mass is 79.9. The van der Waals surface area contributed by atoms with Crippen LogP contribution in [0.3, 0.4) is 0 Å². The lowest BCUT2D eigenvalue weighted by Gasteiger charge is -2.14. The van der Waals surface area contributed by atoms with Crippen LogP contribution in [0.2, 0.25) is 0 Å². The largest absolute Gasteiger partial charge is 0.271 e. The average Bonchev–Trinajstić information content (AvgIpc) is 2.75. The molecule has 2 aromatic heterocycles. The van der Waals surface area contributed by atoms with Crippen LogP contribution in [0, 0.1) is 6.92 Å². The van der Waals surface area contributed by atoms with E-state index in [2.05, 4.69) is 31.3 Å². The third-order valence-corrected chi connectivity index (χ3v) is 4.02. The molecule has 2 rings (SSSR count). The summed E-state index contributed by atoms with van der Waals surface area (Å²) in [4.78, 5) is 9.75. The Balaban J connectivity index is 2.16. The van der Waals surface area contributed by atoms with Crippen molar-refractivity contribution in [1.29, 1.82) is 0 Å². The van der Waals surface area contributed by atoms with Gasteiger partial charge in [-0.3, -0.25) is 16.3 Å². The van der Waals surface area contributed by atoms with Gasteiger partial charge in [-0.15, -0.1) is 11.3 Å². The molecule has 0 aromatic carbocycles. The number of rotatable bonds is 4. The normalized spacial score (nSPS) is 12.6. The van der Waals surface area contributed by atoms with E-state index < -0.39 is 0 Å². The Kier molecular flexibility index (Phi) is 4.22. The number of aromatic nitrogens is 2. The van der Waals surface area contributed by atoms with E-state index in [9.17, 15) is 0 Å². The predicted molar refractivity (Wildman–Crippen MR) is 72.6 cm³/mol. The second-order valence-electron chi connectivity index (χ2n) is 3.69. The number of nitrogens with zero attached hydrogens (tertiary/aromatic N) is 2. The standard InChI is InChI=1S/C11H13BrN4S/c1-7-11(17-6-15-7)10(16-13)4-9-3-2-8(12)5-14-9/h2-3,5-6,10,16H,4,13H2,1H3. The first-order valence-corrected chi connectivity index (χ1v) is 6.84. The number of nitrogens with two attached hydrogens (primary N) is 1. The Morgan fingerprint density at radius 2 is 2.29 bits per heavy atom. The number of hydrazine groups is 1. The molecule has 0 saturated carbocycles. The smallest absolute Gasteiger partial charge is 0.0798 e. The van der Waals surface area contributed by atoms with Crippen LogP contribution in [0.1, 0.15) is 22.3 Å². The summed E-state index contributed by atoms with van der Waals surface area (Å²) in [5.41, 5.74) is 6.69. The number of hydrogen-bond acceptors (Lipinski definition) is 5. The Morgan fingerprint density at radius 1 is 1.47 bits per heavy atom. The van der Waals surface area contributed by atoms with Gasteiger partial charge in [-0.05, 0) is 35.0 Å². The Labute approximate surface area is 112 Å². The zero-order valence-electron chi connectivity index (χ0n) is 9.35. The van der Waals surface area contributed by atoms with Gasteiger partial charge >= 0.3 is 0 Å². The number of pyridine rings is 1. The lowest BCUT2D eigenvalue weighted by molar-refractivity contribution is 0.551. The molecule has 90 valence electrons. The van der Waals surface area contributed by atoms with Crippen LogP contribution in [0.4, 0.5) is 0 Å². The van der Waals surface area contributed by atoms with E-state index in [1.54, 1.807) is 17.5 Å². The summed E-state index contributed by atoms with van der Waals surface area (Å²) in [6.07, 6.45) is 2.55. The van der Waals surface area contributed by atoms with Gasteiger partial charge in [-0.25, -0.2) is 4.98 Å². The molecule has 0 amide bonds. The number of aryl methyl sites for hydroxylation is 1. The molecule has 2 heterocycles. The highest BCUT2D eigenvalue weighted by Crippen LogP contribution is 2.24. The topological polar surface area (TPSA) is 63.8 Å². The van der Waals surface area contributed by atoms with Crippen LogP contribution in [0.25, 0.3) is 0 Å². The zero-order valence-corrected chi connectivity index (χ0v) is 11.8. The average molecular weight is 313 g/mol. The fourth-order valence-corrected chi connectivity index (χ4v) is 2.71. The maximum absolute atomic E-state index is 5.60. The SMILES string of the molecule is Cc1ncsc1C(Cc1ccc(Br)cn1)NN. The van der Waals surface area contributed by atoms with Crippen LogP contribution in [0.15, 0.2) is 28.3 Å². The summed E-state index contributed by atoms with van der Waals surface area (Å²) in [7, 11) is 0. The fourth-order valence-electron chi connectivity index (χ4n) is 1.61. The molecule has 0 aliphatic rings. The summed E-state index contributed by atoms with van der Waals surface area (Å²) >= 11 is 4.98. The summed E-state index contributed by atoms with van der Waals surface area (Å²) in [6.45, 7) is 1.99. The summed E-state index contributed by atoms with van der Waals surface area (Å²) in [5.74, 6) is 5.60. The molecular formula is C11H13BrN4S. The van der Waals surface area contributed by atoms with E-state index >= 15 is 0 Å². The molecule has 0 radical (unpaired) electrons. The van der Waals surface area contributed by atoms with E-state index in [1.807, 2.05) is 24.6 Å². The molecule has 1 unspecified atom stereocenters. The predicted octanol–water partition coefficient (Wildman–Crippen LogP) is 2.36.